The van der Waals surface area contributed by atoms with Gasteiger partial charge in [0.2, 0.25) is 0 Å². The predicted molar refractivity (Wildman–Crippen MR) is 84.3 cm³/mol. The van der Waals surface area contributed by atoms with Gasteiger partial charge in [-0.3, -0.25) is 0 Å². The van der Waals surface area contributed by atoms with Crippen LogP contribution in [0.1, 0.15) is 31.4 Å². The number of benzene rings is 1. The molecular formula is C16H24N4O. The van der Waals surface area contributed by atoms with Gasteiger partial charge >= 0.3 is 0 Å². The lowest BCUT2D eigenvalue weighted by Crippen LogP contribution is -2.34. The van der Waals surface area contributed by atoms with Gasteiger partial charge in [0.25, 0.3) is 0 Å². The molecule has 0 saturated carbocycles. The molecule has 0 spiro atoms. The van der Waals surface area contributed by atoms with Gasteiger partial charge in [0.05, 0.1) is 11.9 Å². The molecule has 0 saturated heterocycles. The monoisotopic (exact) mass is 288 g/mol. The summed E-state index contributed by atoms with van der Waals surface area (Å²) in [6, 6.07) is 10.4. The van der Waals surface area contributed by atoms with Crippen molar-refractivity contribution in [1.82, 2.24) is 15.1 Å². The molecule has 1 aromatic carbocycles. The van der Waals surface area contributed by atoms with Gasteiger partial charge in [-0.25, -0.2) is 4.68 Å². The first-order chi connectivity index (χ1) is 10.2. The fourth-order valence-corrected chi connectivity index (χ4v) is 2.36. The molecule has 1 heterocycles. The predicted octanol–water partition coefficient (Wildman–Crippen LogP) is 1.62. The minimum atomic E-state index is 0.0798. The first-order valence-corrected chi connectivity index (χ1v) is 7.41. The second-order valence-electron chi connectivity index (χ2n) is 5.28. The SMILES string of the molecule is CC(CCCO)NC(CN)c1cnn(-c2ccccc2)c1. The Bertz CT molecular complexity index is 526. The molecule has 1 aromatic heterocycles. The highest BCUT2D eigenvalue weighted by Gasteiger charge is 2.14. The summed E-state index contributed by atoms with van der Waals surface area (Å²) in [5, 5.41) is 16.8. The summed E-state index contributed by atoms with van der Waals surface area (Å²) in [5.41, 5.74) is 8.00. The van der Waals surface area contributed by atoms with Crippen LogP contribution in [0.5, 0.6) is 0 Å². The van der Waals surface area contributed by atoms with Crippen LogP contribution in [-0.2, 0) is 0 Å². The second-order valence-corrected chi connectivity index (χ2v) is 5.28. The smallest absolute Gasteiger partial charge is 0.0645 e. The Labute approximate surface area is 125 Å². The zero-order valence-corrected chi connectivity index (χ0v) is 12.4. The maximum Gasteiger partial charge on any atom is 0.0645 e. The van der Waals surface area contributed by atoms with E-state index in [4.69, 9.17) is 10.8 Å². The van der Waals surface area contributed by atoms with E-state index in [1.807, 2.05) is 47.4 Å². The number of nitrogens with zero attached hydrogens (tertiary/aromatic N) is 2. The Kier molecular flexibility index (Phi) is 5.92. The summed E-state index contributed by atoms with van der Waals surface area (Å²) in [7, 11) is 0. The molecule has 0 aliphatic rings. The van der Waals surface area contributed by atoms with Gasteiger partial charge in [-0.1, -0.05) is 18.2 Å². The van der Waals surface area contributed by atoms with Crippen LogP contribution >= 0.6 is 0 Å². The van der Waals surface area contributed by atoms with Crippen molar-refractivity contribution in [3.05, 3.63) is 48.3 Å². The number of rotatable bonds is 8. The summed E-state index contributed by atoms with van der Waals surface area (Å²) in [4.78, 5) is 0. The van der Waals surface area contributed by atoms with Crippen LogP contribution in [0.25, 0.3) is 5.69 Å². The number of hydrogen-bond acceptors (Lipinski definition) is 4. The van der Waals surface area contributed by atoms with Crippen molar-refractivity contribution in [1.29, 1.82) is 0 Å². The molecule has 114 valence electrons. The second kappa shape index (κ2) is 7.93. The molecule has 0 radical (unpaired) electrons. The van der Waals surface area contributed by atoms with Crippen molar-refractivity contribution in [2.75, 3.05) is 13.2 Å². The highest BCUT2D eigenvalue weighted by Crippen LogP contribution is 2.15. The minimum absolute atomic E-state index is 0.0798. The molecule has 0 fully saturated rings. The number of para-hydroxylation sites is 1. The van der Waals surface area contributed by atoms with Crippen molar-refractivity contribution in [3.8, 4) is 5.69 Å². The van der Waals surface area contributed by atoms with Crippen molar-refractivity contribution in [2.45, 2.75) is 31.8 Å². The van der Waals surface area contributed by atoms with E-state index in [0.717, 1.165) is 24.1 Å². The van der Waals surface area contributed by atoms with Gasteiger partial charge in [0, 0.05) is 37.0 Å². The average Bonchev–Trinajstić information content (AvgIpc) is 3.01. The van der Waals surface area contributed by atoms with E-state index in [9.17, 15) is 0 Å². The quantitative estimate of drug-likeness (QED) is 0.690. The zero-order chi connectivity index (χ0) is 15.1. The average molecular weight is 288 g/mol. The Morgan fingerprint density at radius 3 is 2.76 bits per heavy atom. The van der Waals surface area contributed by atoms with Crippen LogP contribution in [0.15, 0.2) is 42.7 Å². The van der Waals surface area contributed by atoms with Crippen molar-refractivity contribution >= 4 is 0 Å². The Balaban J connectivity index is 2.04. The third-order valence-corrected chi connectivity index (χ3v) is 3.54. The summed E-state index contributed by atoms with van der Waals surface area (Å²) >= 11 is 0. The van der Waals surface area contributed by atoms with Gasteiger partial charge in [0.1, 0.15) is 0 Å². The summed E-state index contributed by atoms with van der Waals surface area (Å²) in [5.74, 6) is 0. The van der Waals surface area contributed by atoms with Crippen LogP contribution in [0.3, 0.4) is 0 Å². The van der Waals surface area contributed by atoms with Gasteiger partial charge in [-0.05, 0) is 31.9 Å². The van der Waals surface area contributed by atoms with E-state index < -0.39 is 0 Å². The molecule has 21 heavy (non-hydrogen) atoms. The standard InChI is InChI=1S/C16H24N4O/c1-13(6-5-9-21)19-16(10-17)14-11-18-20(12-14)15-7-3-2-4-8-15/h2-4,7-8,11-13,16,19,21H,5-6,9-10,17H2,1H3. The van der Waals surface area contributed by atoms with Gasteiger partial charge in [0.15, 0.2) is 0 Å². The summed E-state index contributed by atoms with van der Waals surface area (Å²) in [6.07, 6.45) is 5.60. The third kappa shape index (κ3) is 4.39. The molecule has 5 heteroatoms. The number of nitrogens with two attached hydrogens (primary N) is 1. The molecule has 4 N–H and O–H groups in total. The molecule has 0 bridgehead atoms. The van der Waals surface area contributed by atoms with E-state index >= 15 is 0 Å². The van der Waals surface area contributed by atoms with Gasteiger partial charge in [-0.2, -0.15) is 5.10 Å². The number of nitrogens with one attached hydrogen (secondary N) is 1. The normalized spacial score (nSPS) is 14.0. The Morgan fingerprint density at radius 2 is 2.10 bits per heavy atom. The van der Waals surface area contributed by atoms with Crippen molar-refractivity contribution in [2.24, 2.45) is 5.73 Å². The number of aliphatic hydroxyl groups excluding tert-OH is 1. The van der Waals surface area contributed by atoms with Crippen LogP contribution in [0.2, 0.25) is 0 Å². The van der Waals surface area contributed by atoms with E-state index in [-0.39, 0.29) is 12.6 Å². The van der Waals surface area contributed by atoms with Crippen molar-refractivity contribution in [3.63, 3.8) is 0 Å². The van der Waals surface area contributed by atoms with Crippen LogP contribution in [0, 0.1) is 0 Å². The summed E-state index contributed by atoms with van der Waals surface area (Å²) in [6.45, 7) is 2.86. The third-order valence-electron chi connectivity index (χ3n) is 3.54. The Hall–Kier alpha value is -1.69. The lowest BCUT2D eigenvalue weighted by molar-refractivity contribution is 0.274. The molecule has 0 aliphatic carbocycles. The lowest BCUT2D eigenvalue weighted by atomic mass is 10.1. The minimum Gasteiger partial charge on any atom is -0.396 e. The van der Waals surface area contributed by atoms with Crippen LogP contribution in [0.4, 0.5) is 0 Å². The molecular weight excluding hydrogens is 264 g/mol. The molecule has 2 unspecified atom stereocenters. The Morgan fingerprint density at radius 1 is 1.33 bits per heavy atom. The first kappa shape index (κ1) is 15.7. The number of aliphatic hydroxyl groups is 1. The van der Waals surface area contributed by atoms with E-state index in [0.29, 0.717) is 12.6 Å². The number of aromatic nitrogens is 2. The zero-order valence-electron chi connectivity index (χ0n) is 12.4. The van der Waals surface area contributed by atoms with E-state index in [1.54, 1.807) is 0 Å². The molecule has 2 aromatic rings. The molecule has 2 rings (SSSR count). The van der Waals surface area contributed by atoms with Crippen molar-refractivity contribution < 1.29 is 5.11 Å². The topological polar surface area (TPSA) is 76.1 Å². The fraction of sp³-hybridized carbons (Fsp3) is 0.438. The molecule has 0 aliphatic heterocycles. The molecule has 5 nitrogen and oxygen atoms in total. The summed E-state index contributed by atoms with van der Waals surface area (Å²) < 4.78 is 1.86. The fourth-order valence-electron chi connectivity index (χ4n) is 2.36. The maximum absolute atomic E-state index is 8.89. The molecule has 0 amide bonds. The van der Waals surface area contributed by atoms with Crippen LogP contribution in [-0.4, -0.2) is 34.1 Å². The highest BCUT2D eigenvalue weighted by molar-refractivity contribution is 5.31. The van der Waals surface area contributed by atoms with Gasteiger partial charge < -0.3 is 16.2 Å². The molecule has 2 atom stereocenters. The highest BCUT2D eigenvalue weighted by atomic mass is 16.2. The maximum atomic E-state index is 8.89. The van der Waals surface area contributed by atoms with Crippen LogP contribution < -0.4 is 11.1 Å². The lowest BCUT2D eigenvalue weighted by Gasteiger charge is -2.21. The van der Waals surface area contributed by atoms with E-state index in [1.165, 1.54) is 0 Å². The first-order valence-electron chi connectivity index (χ1n) is 7.41. The number of hydrogen-bond donors (Lipinski definition) is 3. The van der Waals surface area contributed by atoms with Gasteiger partial charge in [-0.15, -0.1) is 0 Å². The largest absolute Gasteiger partial charge is 0.396 e. The van der Waals surface area contributed by atoms with E-state index in [2.05, 4.69) is 17.3 Å².